The van der Waals surface area contributed by atoms with Gasteiger partial charge >= 0.3 is 6.03 Å². The summed E-state index contributed by atoms with van der Waals surface area (Å²) < 4.78 is 11.2. The Morgan fingerprint density at radius 2 is 1.82 bits per heavy atom. The van der Waals surface area contributed by atoms with E-state index in [1.165, 1.54) is 0 Å². The van der Waals surface area contributed by atoms with Gasteiger partial charge in [0.25, 0.3) is 0 Å². The molecule has 170 valence electrons. The number of nitrogens with one attached hydrogen (secondary N) is 2. The molecule has 8 heteroatoms. The number of carbonyl (C=O) groups excluding carboxylic acids is 1. The van der Waals surface area contributed by atoms with Crippen LogP contribution in [0.4, 0.5) is 22.0 Å². The highest BCUT2D eigenvalue weighted by atomic mass is 16.6. The number of hydrogen-bond donors (Lipinski definition) is 2. The van der Waals surface area contributed by atoms with Crippen molar-refractivity contribution in [2.75, 3.05) is 30.4 Å². The molecule has 0 unspecified atom stereocenters. The Bertz CT molecular complexity index is 1390. The molecule has 6 rings (SSSR count). The Hall–Kier alpha value is -4.33. The zero-order valence-corrected chi connectivity index (χ0v) is 18.5. The number of amides is 2. The second kappa shape index (κ2) is 8.55. The number of rotatable bonds is 3. The van der Waals surface area contributed by atoms with E-state index in [2.05, 4.69) is 26.7 Å². The molecule has 0 bridgehead atoms. The molecule has 2 aliphatic heterocycles. The molecule has 2 amide bonds. The minimum atomic E-state index is -0.146. The quantitative estimate of drug-likeness (QED) is 0.466. The molecule has 0 aliphatic carbocycles. The van der Waals surface area contributed by atoms with Crippen LogP contribution in [0, 0.1) is 0 Å². The van der Waals surface area contributed by atoms with Crippen LogP contribution in [0.5, 0.6) is 11.5 Å². The molecule has 2 aliphatic rings. The highest BCUT2D eigenvalue weighted by Crippen LogP contribution is 2.33. The second-order valence-corrected chi connectivity index (χ2v) is 8.30. The third-order valence-electron chi connectivity index (χ3n) is 6.08. The lowest BCUT2D eigenvalue weighted by Crippen LogP contribution is -2.39. The van der Waals surface area contributed by atoms with Gasteiger partial charge in [-0.3, -0.25) is 4.98 Å². The lowest BCUT2D eigenvalue weighted by atomic mass is 10.0. The fraction of sp³-hybridized carbons (Fsp3) is 0.192. The average molecular weight is 454 g/mol. The van der Waals surface area contributed by atoms with E-state index < -0.39 is 0 Å². The Kier molecular flexibility index (Phi) is 5.10. The number of ether oxygens (including phenoxy) is 2. The molecule has 0 fully saturated rings. The number of nitrogens with zero attached hydrogens (tertiary/aromatic N) is 3. The minimum absolute atomic E-state index is 0.146. The summed E-state index contributed by atoms with van der Waals surface area (Å²) in [6, 6.07) is 17.4. The van der Waals surface area contributed by atoms with E-state index in [-0.39, 0.29) is 6.03 Å². The van der Waals surface area contributed by atoms with E-state index >= 15 is 0 Å². The molecule has 4 aromatic rings. The lowest BCUT2D eigenvalue weighted by Gasteiger charge is -2.30. The van der Waals surface area contributed by atoms with Crippen molar-refractivity contribution in [1.29, 1.82) is 0 Å². The number of para-hydroxylation sites is 1. The van der Waals surface area contributed by atoms with Gasteiger partial charge in [0.05, 0.1) is 17.4 Å². The second-order valence-electron chi connectivity index (χ2n) is 8.30. The summed E-state index contributed by atoms with van der Waals surface area (Å²) in [6.07, 6.45) is 4.30. The SMILES string of the molecule is O=C(Nc1ccc2c(c1)OCCO2)N1CCc2c(ccnc2Nc2cnc3ccccc3c2)C1. The van der Waals surface area contributed by atoms with E-state index in [1.807, 2.05) is 48.7 Å². The molecule has 0 saturated heterocycles. The van der Waals surface area contributed by atoms with Crippen molar-refractivity contribution < 1.29 is 14.3 Å². The summed E-state index contributed by atoms with van der Waals surface area (Å²) in [5, 5.41) is 7.46. The maximum Gasteiger partial charge on any atom is 0.322 e. The largest absolute Gasteiger partial charge is 0.486 e. The molecule has 2 N–H and O–H groups in total. The Morgan fingerprint density at radius 1 is 0.941 bits per heavy atom. The van der Waals surface area contributed by atoms with Gasteiger partial charge in [-0.25, -0.2) is 9.78 Å². The Balaban J connectivity index is 1.17. The number of urea groups is 1. The average Bonchev–Trinajstić information content (AvgIpc) is 2.88. The van der Waals surface area contributed by atoms with Crippen molar-refractivity contribution >= 4 is 34.1 Å². The van der Waals surface area contributed by atoms with Gasteiger partial charge < -0.3 is 25.0 Å². The summed E-state index contributed by atoms with van der Waals surface area (Å²) in [5.74, 6) is 2.16. The van der Waals surface area contributed by atoms with Crippen LogP contribution in [-0.4, -0.2) is 40.7 Å². The first-order valence-electron chi connectivity index (χ1n) is 11.3. The van der Waals surface area contributed by atoms with E-state index in [0.29, 0.717) is 49.9 Å². The molecular formula is C26H23N5O3. The zero-order chi connectivity index (χ0) is 22.9. The van der Waals surface area contributed by atoms with E-state index in [1.54, 1.807) is 17.2 Å². The van der Waals surface area contributed by atoms with Crippen molar-refractivity contribution in [3.05, 3.63) is 78.1 Å². The van der Waals surface area contributed by atoms with Crippen molar-refractivity contribution in [2.24, 2.45) is 0 Å². The van der Waals surface area contributed by atoms with Crippen LogP contribution in [0.1, 0.15) is 11.1 Å². The van der Waals surface area contributed by atoms with Crippen LogP contribution in [0.3, 0.4) is 0 Å². The predicted octanol–water partition coefficient (Wildman–Crippen LogP) is 4.73. The molecular weight excluding hydrogens is 430 g/mol. The highest BCUT2D eigenvalue weighted by Gasteiger charge is 2.24. The van der Waals surface area contributed by atoms with Gasteiger partial charge in [-0.2, -0.15) is 0 Å². The summed E-state index contributed by atoms with van der Waals surface area (Å²) in [4.78, 5) is 23.8. The van der Waals surface area contributed by atoms with E-state index in [0.717, 1.165) is 33.5 Å². The third kappa shape index (κ3) is 3.94. The number of fused-ring (bicyclic) bond motifs is 3. The van der Waals surface area contributed by atoms with Crippen LogP contribution in [0.15, 0.2) is 67.0 Å². The van der Waals surface area contributed by atoms with Gasteiger partial charge in [0.2, 0.25) is 0 Å². The topological polar surface area (TPSA) is 88.6 Å². The van der Waals surface area contributed by atoms with Gasteiger partial charge in [-0.15, -0.1) is 0 Å². The monoisotopic (exact) mass is 453 g/mol. The normalized spacial score (nSPS) is 14.4. The van der Waals surface area contributed by atoms with Gasteiger partial charge in [0.1, 0.15) is 19.0 Å². The van der Waals surface area contributed by atoms with Crippen LogP contribution < -0.4 is 20.1 Å². The molecule has 8 nitrogen and oxygen atoms in total. The van der Waals surface area contributed by atoms with Crippen molar-refractivity contribution in [2.45, 2.75) is 13.0 Å². The Labute approximate surface area is 196 Å². The standard InChI is InChI=1S/C26H23N5O3/c32-26(30-19-5-6-23-24(14-19)34-12-11-33-23)31-10-8-21-18(16-31)7-9-27-25(21)29-20-13-17-3-1-2-4-22(17)28-15-20/h1-7,9,13-15H,8,10-12,16H2,(H,27,29)(H,30,32). The number of carbonyl (C=O) groups is 1. The van der Waals surface area contributed by atoms with Crippen LogP contribution in [0.25, 0.3) is 10.9 Å². The van der Waals surface area contributed by atoms with Gasteiger partial charge in [0.15, 0.2) is 11.5 Å². The number of hydrogen-bond acceptors (Lipinski definition) is 6. The number of pyridine rings is 2. The maximum absolute atomic E-state index is 12.9. The number of anilines is 3. The first-order chi connectivity index (χ1) is 16.7. The number of aromatic nitrogens is 2. The third-order valence-corrected chi connectivity index (χ3v) is 6.08. The highest BCUT2D eigenvalue weighted by molar-refractivity contribution is 5.90. The van der Waals surface area contributed by atoms with Crippen molar-refractivity contribution in [3.63, 3.8) is 0 Å². The molecule has 0 spiro atoms. The first-order valence-corrected chi connectivity index (χ1v) is 11.3. The fourth-order valence-electron chi connectivity index (χ4n) is 4.37. The van der Waals surface area contributed by atoms with Crippen molar-refractivity contribution in [1.82, 2.24) is 14.9 Å². The van der Waals surface area contributed by atoms with Crippen molar-refractivity contribution in [3.8, 4) is 11.5 Å². The van der Waals surface area contributed by atoms with Gasteiger partial charge in [-0.05, 0) is 42.3 Å². The van der Waals surface area contributed by atoms with Crippen LogP contribution in [-0.2, 0) is 13.0 Å². The zero-order valence-electron chi connectivity index (χ0n) is 18.5. The van der Waals surface area contributed by atoms with Crippen LogP contribution in [0.2, 0.25) is 0 Å². The summed E-state index contributed by atoms with van der Waals surface area (Å²) >= 11 is 0. The van der Waals surface area contributed by atoms with Gasteiger partial charge in [0, 0.05) is 42.0 Å². The lowest BCUT2D eigenvalue weighted by molar-refractivity contribution is 0.171. The molecule has 34 heavy (non-hydrogen) atoms. The molecule has 2 aromatic carbocycles. The molecule has 2 aromatic heterocycles. The van der Waals surface area contributed by atoms with E-state index in [9.17, 15) is 4.79 Å². The molecule has 0 atom stereocenters. The van der Waals surface area contributed by atoms with Crippen LogP contribution >= 0.6 is 0 Å². The fourth-order valence-corrected chi connectivity index (χ4v) is 4.37. The summed E-state index contributed by atoms with van der Waals surface area (Å²) in [5.41, 5.74) is 4.73. The molecule has 0 saturated carbocycles. The minimum Gasteiger partial charge on any atom is -0.486 e. The Morgan fingerprint density at radius 3 is 2.76 bits per heavy atom. The molecule has 4 heterocycles. The maximum atomic E-state index is 12.9. The van der Waals surface area contributed by atoms with Gasteiger partial charge in [-0.1, -0.05) is 18.2 Å². The summed E-state index contributed by atoms with van der Waals surface area (Å²) in [6.45, 7) is 2.15. The smallest absolute Gasteiger partial charge is 0.322 e. The van der Waals surface area contributed by atoms with E-state index in [4.69, 9.17) is 9.47 Å². The number of benzene rings is 2. The molecule has 0 radical (unpaired) electrons. The first kappa shape index (κ1) is 20.3. The summed E-state index contributed by atoms with van der Waals surface area (Å²) in [7, 11) is 0. The predicted molar refractivity (Wildman–Crippen MR) is 130 cm³/mol.